The van der Waals surface area contributed by atoms with Gasteiger partial charge < -0.3 is 0 Å². The Kier molecular flexibility index (Phi) is 3.21. The Labute approximate surface area is 116 Å². The van der Waals surface area contributed by atoms with Crippen LogP contribution in [0.25, 0.3) is 10.9 Å². The summed E-state index contributed by atoms with van der Waals surface area (Å²) in [6, 6.07) is 7.91. The highest BCUT2D eigenvalue weighted by Gasteiger charge is 2.08. The van der Waals surface area contributed by atoms with E-state index in [9.17, 15) is 0 Å². The summed E-state index contributed by atoms with van der Waals surface area (Å²) in [5.41, 5.74) is 0.931. The second kappa shape index (κ2) is 4.99. The molecule has 0 fully saturated rings. The largest absolute Gasteiger partial charge is 0.244 e. The molecular formula is C12H7BrN4S. The Bertz CT molecular complexity index is 699. The predicted molar refractivity (Wildman–Crippen MR) is 73.4 cm³/mol. The van der Waals surface area contributed by atoms with Gasteiger partial charge in [-0.3, -0.25) is 0 Å². The fraction of sp³-hybridized carbons (Fsp3) is 0. The van der Waals surface area contributed by atoms with Crippen molar-refractivity contribution < 1.29 is 0 Å². The van der Waals surface area contributed by atoms with E-state index >= 15 is 0 Å². The maximum absolute atomic E-state index is 4.31. The van der Waals surface area contributed by atoms with Crippen molar-refractivity contribution in [3.8, 4) is 0 Å². The van der Waals surface area contributed by atoms with Gasteiger partial charge in [0.25, 0.3) is 0 Å². The van der Waals surface area contributed by atoms with Gasteiger partial charge in [0, 0.05) is 11.6 Å². The van der Waals surface area contributed by atoms with Crippen LogP contribution in [0.2, 0.25) is 0 Å². The predicted octanol–water partition coefficient (Wildman–Crippen LogP) is 3.33. The zero-order chi connectivity index (χ0) is 12.4. The van der Waals surface area contributed by atoms with Crippen LogP contribution in [0.4, 0.5) is 0 Å². The van der Waals surface area contributed by atoms with E-state index in [-0.39, 0.29) is 0 Å². The van der Waals surface area contributed by atoms with Gasteiger partial charge in [0.05, 0.1) is 9.99 Å². The Morgan fingerprint density at radius 1 is 0.944 bits per heavy atom. The van der Waals surface area contributed by atoms with E-state index in [0.717, 1.165) is 25.4 Å². The highest BCUT2D eigenvalue weighted by molar-refractivity contribution is 9.10. The number of hydrogen-bond acceptors (Lipinski definition) is 5. The average molecular weight is 319 g/mol. The molecule has 3 aromatic rings. The van der Waals surface area contributed by atoms with Crippen LogP contribution in [-0.2, 0) is 0 Å². The zero-order valence-corrected chi connectivity index (χ0v) is 11.5. The molecule has 0 amide bonds. The average Bonchev–Trinajstić information content (AvgIpc) is 2.42. The van der Waals surface area contributed by atoms with E-state index in [2.05, 4.69) is 35.9 Å². The summed E-state index contributed by atoms with van der Waals surface area (Å²) in [6.07, 6.45) is 4.81. The maximum atomic E-state index is 4.31. The minimum absolute atomic E-state index is 0.842. The number of hydrogen-bond donors (Lipinski definition) is 0. The third-order valence-corrected chi connectivity index (χ3v) is 4.21. The van der Waals surface area contributed by atoms with Crippen molar-refractivity contribution >= 4 is 38.6 Å². The van der Waals surface area contributed by atoms with Crippen LogP contribution >= 0.6 is 27.7 Å². The van der Waals surface area contributed by atoms with E-state index in [0.29, 0.717) is 0 Å². The number of nitrogens with zero attached hydrogens (tertiary/aromatic N) is 4. The third-order valence-electron chi connectivity index (χ3n) is 2.33. The minimum atomic E-state index is 0.842. The third kappa shape index (κ3) is 2.21. The molecule has 0 aliphatic carbocycles. The lowest BCUT2D eigenvalue weighted by atomic mass is 10.2. The first-order chi connectivity index (χ1) is 8.84. The molecule has 1 aromatic carbocycles. The van der Waals surface area contributed by atoms with Crippen LogP contribution in [0.5, 0.6) is 0 Å². The van der Waals surface area contributed by atoms with Crippen LogP contribution < -0.4 is 0 Å². The van der Waals surface area contributed by atoms with Gasteiger partial charge >= 0.3 is 0 Å². The summed E-state index contributed by atoms with van der Waals surface area (Å²) in [4.78, 5) is 16.7. The van der Waals surface area contributed by atoms with Crippen molar-refractivity contribution in [2.24, 2.45) is 0 Å². The molecule has 2 heterocycles. The maximum Gasteiger partial charge on any atom is 0.120 e. The molecule has 2 aromatic heterocycles. The van der Waals surface area contributed by atoms with Gasteiger partial charge in [-0.25, -0.2) is 19.9 Å². The van der Waals surface area contributed by atoms with Crippen molar-refractivity contribution in [3.05, 3.63) is 47.6 Å². The number of aromatic nitrogens is 4. The van der Waals surface area contributed by atoms with Crippen LogP contribution in [0, 0.1) is 0 Å². The quantitative estimate of drug-likeness (QED) is 0.678. The van der Waals surface area contributed by atoms with E-state index in [4.69, 9.17) is 0 Å². The molecule has 18 heavy (non-hydrogen) atoms. The van der Waals surface area contributed by atoms with Crippen molar-refractivity contribution in [2.45, 2.75) is 10.1 Å². The van der Waals surface area contributed by atoms with Gasteiger partial charge in [-0.15, -0.1) is 0 Å². The Hall–Kier alpha value is -1.53. The topological polar surface area (TPSA) is 51.6 Å². The highest BCUT2D eigenvalue weighted by atomic mass is 79.9. The summed E-state index contributed by atoms with van der Waals surface area (Å²) in [5, 5.41) is 2.75. The van der Waals surface area contributed by atoms with Crippen molar-refractivity contribution in [1.29, 1.82) is 0 Å². The molecule has 3 rings (SSSR count). The first-order valence-electron chi connectivity index (χ1n) is 5.18. The molecule has 0 bridgehead atoms. The fourth-order valence-corrected chi connectivity index (χ4v) is 2.81. The number of fused-ring (bicyclic) bond motifs is 1. The molecule has 0 N–H and O–H groups in total. The number of rotatable bonds is 2. The van der Waals surface area contributed by atoms with Crippen molar-refractivity contribution in [1.82, 2.24) is 19.9 Å². The Morgan fingerprint density at radius 2 is 1.78 bits per heavy atom. The van der Waals surface area contributed by atoms with E-state index in [1.54, 1.807) is 12.5 Å². The molecule has 0 aliphatic rings. The van der Waals surface area contributed by atoms with E-state index in [1.807, 2.05) is 24.3 Å². The summed E-state index contributed by atoms with van der Waals surface area (Å²) in [6.45, 7) is 0. The molecule has 0 saturated carbocycles. The van der Waals surface area contributed by atoms with Gasteiger partial charge in [-0.1, -0.05) is 18.2 Å². The summed E-state index contributed by atoms with van der Waals surface area (Å²) >= 11 is 4.92. The van der Waals surface area contributed by atoms with Crippen LogP contribution in [0.15, 0.2) is 57.6 Å². The highest BCUT2D eigenvalue weighted by Crippen LogP contribution is 2.33. The first-order valence-corrected chi connectivity index (χ1v) is 6.78. The van der Waals surface area contributed by atoms with Gasteiger partial charge in [0.15, 0.2) is 0 Å². The molecule has 0 atom stereocenters. The molecule has 0 saturated heterocycles. The fourth-order valence-electron chi connectivity index (χ4n) is 1.53. The van der Waals surface area contributed by atoms with E-state index in [1.165, 1.54) is 18.1 Å². The lowest BCUT2D eigenvalue weighted by Crippen LogP contribution is -1.89. The van der Waals surface area contributed by atoms with Crippen LogP contribution in [0.1, 0.15) is 0 Å². The lowest BCUT2D eigenvalue weighted by molar-refractivity contribution is 1.02. The second-order valence-electron chi connectivity index (χ2n) is 3.47. The van der Waals surface area contributed by atoms with Crippen molar-refractivity contribution in [2.75, 3.05) is 0 Å². The molecule has 0 aliphatic heterocycles. The molecule has 0 radical (unpaired) electrons. The number of benzene rings is 1. The SMILES string of the molecule is Brc1cncnc1Sc1ncnc2ccccc12. The van der Waals surface area contributed by atoms with Gasteiger partial charge in [-0.05, 0) is 33.8 Å². The number of halogens is 1. The van der Waals surface area contributed by atoms with Gasteiger partial charge in [0.2, 0.25) is 0 Å². The number of para-hydroxylation sites is 1. The Balaban J connectivity index is 2.08. The zero-order valence-electron chi connectivity index (χ0n) is 9.12. The smallest absolute Gasteiger partial charge is 0.120 e. The van der Waals surface area contributed by atoms with Crippen LogP contribution in [0.3, 0.4) is 0 Å². The van der Waals surface area contributed by atoms with Crippen LogP contribution in [-0.4, -0.2) is 19.9 Å². The Morgan fingerprint density at radius 3 is 2.67 bits per heavy atom. The molecule has 6 heteroatoms. The van der Waals surface area contributed by atoms with Crippen molar-refractivity contribution in [3.63, 3.8) is 0 Å². The minimum Gasteiger partial charge on any atom is -0.244 e. The summed E-state index contributed by atoms with van der Waals surface area (Å²) in [7, 11) is 0. The molecule has 88 valence electrons. The monoisotopic (exact) mass is 318 g/mol. The van der Waals surface area contributed by atoms with Gasteiger partial charge in [0.1, 0.15) is 22.7 Å². The van der Waals surface area contributed by atoms with E-state index < -0.39 is 0 Å². The normalized spacial score (nSPS) is 10.7. The molecule has 0 spiro atoms. The summed E-state index contributed by atoms with van der Waals surface area (Å²) < 4.78 is 0.859. The standard InChI is InChI=1S/C12H7BrN4S/c13-9-5-14-6-16-12(9)18-11-8-3-1-2-4-10(8)15-7-17-11/h1-7H. The molecule has 4 nitrogen and oxygen atoms in total. The summed E-state index contributed by atoms with van der Waals surface area (Å²) in [5.74, 6) is 0. The second-order valence-corrected chi connectivity index (χ2v) is 5.31. The van der Waals surface area contributed by atoms with Gasteiger partial charge in [-0.2, -0.15) is 0 Å². The first kappa shape index (κ1) is 11.6. The lowest BCUT2D eigenvalue weighted by Gasteiger charge is -2.04. The molecular weight excluding hydrogens is 312 g/mol. The molecule has 0 unspecified atom stereocenters.